The lowest BCUT2D eigenvalue weighted by atomic mass is 10.0. The molecule has 0 spiro atoms. The van der Waals surface area contributed by atoms with Crippen LogP contribution in [-0.2, 0) is 0 Å². The minimum Gasteiger partial charge on any atom is -0.388 e. The van der Waals surface area contributed by atoms with Crippen molar-refractivity contribution in [2.24, 2.45) is 0 Å². The first-order valence-corrected chi connectivity index (χ1v) is 5.67. The second-order valence-corrected chi connectivity index (χ2v) is 3.92. The van der Waals surface area contributed by atoms with Gasteiger partial charge in [-0.25, -0.2) is 4.39 Å². The van der Waals surface area contributed by atoms with Crippen molar-refractivity contribution in [2.75, 3.05) is 0 Å². The average molecular weight is 210 g/mol. The molecule has 1 rings (SSSR count). The number of hydrogen-bond donors (Lipinski definition) is 1. The van der Waals surface area contributed by atoms with Crippen molar-refractivity contribution in [3.8, 4) is 0 Å². The number of unbranched alkanes of at least 4 members (excludes halogenated alkanes) is 3. The summed E-state index contributed by atoms with van der Waals surface area (Å²) >= 11 is 0. The quantitative estimate of drug-likeness (QED) is 0.707. The molecule has 84 valence electrons. The summed E-state index contributed by atoms with van der Waals surface area (Å²) in [5, 5.41) is 9.78. The summed E-state index contributed by atoms with van der Waals surface area (Å²) in [4.78, 5) is 0. The number of aliphatic hydroxyl groups is 1. The van der Waals surface area contributed by atoms with E-state index in [4.69, 9.17) is 0 Å². The lowest BCUT2D eigenvalue weighted by Crippen LogP contribution is -1.97. The van der Waals surface area contributed by atoms with Crippen LogP contribution >= 0.6 is 0 Å². The van der Waals surface area contributed by atoms with Crippen molar-refractivity contribution in [1.82, 2.24) is 0 Å². The zero-order valence-electron chi connectivity index (χ0n) is 9.25. The van der Waals surface area contributed by atoms with Gasteiger partial charge in [0.15, 0.2) is 0 Å². The Morgan fingerprint density at radius 3 is 2.73 bits per heavy atom. The van der Waals surface area contributed by atoms with E-state index in [0.29, 0.717) is 5.56 Å². The predicted molar refractivity (Wildman–Crippen MR) is 60.1 cm³/mol. The highest BCUT2D eigenvalue weighted by molar-refractivity contribution is 5.18. The Bertz CT molecular complexity index is 286. The SMILES string of the molecule is CCCCCC[C@H](O)c1cccc(F)c1. The molecular weight excluding hydrogens is 191 g/mol. The van der Waals surface area contributed by atoms with Crippen molar-refractivity contribution >= 4 is 0 Å². The van der Waals surface area contributed by atoms with Gasteiger partial charge >= 0.3 is 0 Å². The zero-order valence-corrected chi connectivity index (χ0v) is 9.25. The first-order valence-electron chi connectivity index (χ1n) is 5.67. The van der Waals surface area contributed by atoms with Gasteiger partial charge in [0, 0.05) is 0 Å². The van der Waals surface area contributed by atoms with Crippen molar-refractivity contribution in [3.63, 3.8) is 0 Å². The fourth-order valence-corrected chi connectivity index (χ4v) is 1.64. The van der Waals surface area contributed by atoms with Gasteiger partial charge in [0.05, 0.1) is 6.10 Å². The molecule has 0 unspecified atom stereocenters. The molecule has 0 saturated heterocycles. The topological polar surface area (TPSA) is 20.2 Å². The van der Waals surface area contributed by atoms with E-state index in [-0.39, 0.29) is 5.82 Å². The summed E-state index contributed by atoms with van der Waals surface area (Å²) in [5.74, 6) is -0.278. The Labute approximate surface area is 90.9 Å². The smallest absolute Gasteiger partial charge is 0.123 e. The number of benzene rings is 1. The van der Waals surface area contributed by atoms with Crippen LogP contribution in [0.3, 0.4) is 0 Å². The Morgan fingerprint density at radius 2 is 2.07 bits per heavy atom. The highest BCUT2D eigenvalue weighted by atomic mass is 19.1. The van der Waals surface area contributed by atoms with Crippen molar-refractivity contribution in [2.45, 2.75) is 45.1 Å². The maximum atomic E-state index is 12.9. The van der Waals surface area contributed by atoms with Gasteiger partial charge in [-0.3, -0.25) is 0 Å². The van der Waals surface area contributed by atoms with Crippen LogP contribution in [0.1, 0.15) is 50.7 Å². The number of halogens is 1. The molecule has 0 aromatic heterocycles. The summed E-state index contributed by atoms with van der Waals surface area (Å²) in [6, 6.07) is 6.21. The van der Waals surface area contributed by atoms with E-state index in [1.165, 1.54) is 25.0 Å². The predicted octanol–water partition coefficient (Wildman–Crippen LogP) is 3.83. The Kier molecular flexibility index (Phi) is 5.33. The van der Waals surface area contributed by atoms with Gasteiger partial charge in [-0.15, -0.1) is 0 Å². The minimum atomic E-state index is -0.516. The second-order valence-electron chi connectivity index (χ2n) is 3.92. The van der Waals surface area contributed by atoms with Gasteiger partial charge < -0.3 is 5.11 Å². The second kappa shape index (κ2) is 6.57. The molecule has 1 atom stereocenters. The molecule has 0 radical (unpaired) electrons. The summed E-state index contributed by atoms with van der Waals surface area (Å²) in [6.07, 6.45) is 4.75. The minimum absolute atomic E-state index is 0.278. The maximum absolute atomic E-state index is 12.9. The summed E-state index contributed by atoms with van der Waals surface area (Å²) in [7, 11) is 0. The van der Waals surface area contributed by atoms with Crippen LogP contribution in [0, 0.1) is 5.82 Å². The lowest BCUT2D eigenvalue weighted by Gasteiger charge is -2.10. The molecule has 0 saturated carbocycles. The van der Waals surface area contributed by atoms with Crippen LogP contribution in [0.25, 0.3) is 0 Å². The maximum Gasteiger partial charge on any atom is 0.123 e. The van der Waals surface area contributed by atoms with E-state index >= 15 is 0 Å². The molecule has 0 amide bonds. The van der Waals surface area contributed by atoms with Gasteiger partial charge in [-0.2, -0.15) is 0 Å². The normalized spacial score (nSPS) is 12.7. The summed E-state index contributed by atoms with van der Waals surface area (Å²) < 4.78 is 12.9. The van der Waals surface area contributed by atoms with Gasteiger partial charge in [0.25, 0.3) is 0 Å². The van der Waals surface area contributed by atoms with Crippen LogP contribution in [-0.4, -0.2) is 5.11 Å². The molecule has 1 nitrogen and oxygen atoms in total. The molecule has 0 aliphatic heterocycles. The van der Waals surface area contributed by atoms with E-state index < -0.39 is 6.10 Å². The van der Waals surface area contributed by atoms with Gasteiger partial charge in [0.2, 0.25) is 0 Å². The monoisotopic (exact) mass is 210 g/mol. The Balaban J connectivity index is 2.36. The van der Waals surface area contributed by atoms with E-state index in [0.717, 1.165) is 19.3 Å². The van der Waals surface area contributed by atoms with Gasteiger partial charge in [-0.05, 0) is 24.1 Å². The van der Waals surface area contributed by atoms with Crippen molar-refractivity contribution in [3.05, 3.63) is 35.6 Å². The van der Waals surface area contributed by atoms with Crippen LogP contribution in [0.4, 0.5) is 4.39 Å². The molecule has 0 aliphatic rings. The molecule has 0 fully saturated rings. The molecule has 1 aromatic rings. The van der Waals surface area contributed by atoms with E-state index in [1.54, 1.807) is 12.1 Å². The molecule has 15 heavy (non-hydrogen) atoms. The third kappa shape index (κ3) is 4.43. The Morgan fingerprint density at radius 1 is 1.27 bits per heavy atom. The fraction of sp³-hybridized carbons (Fsp3) is 0.538. The first-order chi connectivity index (χ1) is 7.24. The molecule has 1 N–H and O–H groups in total. The standard InChI is InChI=1S/C13H19FO/c1-2-3-4-5-9-13(15)11-7-6-8-12(14)10-11/h6-8,10,13,15H,2-5,9H2,1H3/t13-/m0/s1. The first kappa shape index (κ1) is 12.2. The zero-order chi connectivity index (χ0) is 11.1. The molecule has 0 aliphatic carbocycles. The molecule has 2 heteroatoms. The lowest BCUT2D eigenvalue weighted by molar-refractivity contribution is 0.163. The highest BCUT2D eigenvalue weighted by Crippen LogP contribution is 2.20. The van der Waals surface area contributed by atoms with Crippen LogP contribution in [0.5, 0.6) is 0 Å². The molecule has 0 heterocycles. The highest BCUT2D eigenvalue weighted by Gasteiger charge is 2.07. The van der Waals surface area contributed by atoms with Crippen molar-refractivity contribution in [1.29, 1.82) is 0 Å². The van der Waals surface area contributed by atoms with E-state index in [9.17, 15) is 9.50 Å². The molecule has 0 bridgehead atoms. The average Bonchev–Trinajstić information content (AvgIpc) is 2.24. The molecule has 1 aromatic carbocycles. The number of rotatable bonds is 6. The summed E-state index contributed by atoms with van der Waals surface area (Å²) in [5.41, 5.74) is 0.687. The Hall–Kier alpha value is -0.890. The van der Waals surface area contributed by atoms with Crippen LogP contribution in [0.15, 0.2) is 24.3 Å². The summed E-state index contributed by atoms with van der Waals surface area (Å²) in [6.45, 7) is 2.16. The van der Waals surface area contributed by atoms with Gasteiger partial charge in [-0.1, -0.05) is 44.7 Å². The third-order valence-electron chi connectivity index (χ3n) is 2.56. The van der Waals surface area contributed by atoms with E-state index in [1.807, 2.05) is 0 Å². The van der Waals surface area contributed by atoms with E-state index in [2.05, 4.69) is 6.92 Å². The van der Waals surface area contributed by atoms with Gasteiger partial charge in [0.1, 0.15) is 5.82 Å². The fourth-order valence-electron chi connectivity index (χ4n) is 1.64. The van der Waals surface area contributed by atoms with Crippen molar-refractivity contribution < 1.29 is 9.50 Å². The number of aliphatic hydroxyl groups excluding tert-OH is 1. The third-order valence-corrected chi connectivity index (χ3v) is 2.56. The number of hydrogen-bond acceptors (Lipinski definition) is 1. The largest absolute Gasteiger partial charge is 0.388 e. The molecular formula is C13H19FO. The van der Waals surface area contributed by atoms with Crippen LogP contribution < -0.4 is 0 Å². The van der Waals surface area contributed by atoms with Crippen LogP contribution in [0.2, 0.25) is 0 Å².